The minimum absolute atomic E-state index is 0.103. The summed E-state index contributed by atoms with van der Waals surface area (Å²) < 4.78 is 10.6. The zero-order valence-electron chi connectivity index (χ0n) is 15.9. The highest BCUT2D eigenvalue weighted by atomic mass is 16.5. The van der Waals surface area contributed by atoms with E-state index in [0.717, 1.165) is 42.4 Å². The van der Waals surface area contributed by atoms with Crippen LogP contribution in [0.15, 0.2) is 45.9 Å². The summed E-state index contributed by atoms with van der Waals surface area (Å²) in [6.07, 6.45) is 1.79. The van der Waals surface area contributed by atoms with E-state index in [1.54, 1.807) is 7.05 Å². The second-order valence-corrected chi connectivity index (χ2v) is 6.49. The topological polar surface area (TPSA) is 80.0 Å². The molecule has 7 nitrogen and oxygen atoms in total. The molecule has 0 bridgehead atoms. The van der Waals surface area contributed by atoms with Gasteiger partial charge in [-0.25, -0.2) is 0 Å². The molecule has 1 aromatic carbocycles. The van der Waals surface area contributed by atoms with Gasteiger partial charge >= 0.3 is 5.97 Å². The fourth-order valence-electron chi connectivity index (χ4n) is 3.26. The highest BCUT2D eigenvalue weighted by Gasteiger charge is 2.28. The lowest BCUT2D eigenvalue weighted by Gasteiger charge is -2.33. The van der Waals surface area contributed by atoms with Gasteiger partial charge in [-0.1, -0.05) is 35.5 Å². The van der Waals surface area contributed by atoms with Gasteiger partial charge in [0.1, 0.15) is 5.69 Å². The first-order valence-electron chi connectivity index (χ1n) is 9.34. The molecule has 1 aliphatic rings. The number of likely N-dealkylation sites (tertiary alicyclic amines) is 1. The van der Waals surface area contributed by atoms with E-state index < -0.39 is 0 Å². The number of piperidine rings is 1. The van der Waals surface area contributed by atoms with Crippen molar-refractivity contribution in [2.45, 2.75) is 26.3 Å². The smallest absolute Gasteiger partial charge is 0.310 e. The molecule has 2 aromatic rings. The molecule has 0 saturated carbocycles. The summed E-state index contributed by atoms with van der Waals surface area (Å²) in [6.45, 7) is 4.23. The maximum Gasteiger partial charge on any atom is 0.310 e. The third-order valence-corrected chi connectivity index (χ3v) is 4.60. The number of esters is 1. The van der Waals surface area contributed by atoms with Crippen LogP contribution >= 0.6 is 0 Å². The Morgan fingerprint density at radius 3 is 2.96 bits per heavy atom. The van der Waals surface area contributed by atoms with E-state index in [1.807, 2.05) is 43.3 Å². The van der Waals surface area contributed by atoms with Crippen LogP contribution < -0.4 is 5.32 Å². The van der Waals surface area contributed by atoms with Gasteiger partial charge in [-0.3, -0.25) is 9.79 Å². The molecule has 2 heterocycles. The number of aromatic nitrogens is 1. The number of aliphatic imine (C=N–C) groups is 1. The molecular formula is C20H26N4O3. The van der Waals surface area contributed by atoms with E-state index in [1.165, 1.54) is 0 Å². The van der Waals surface area contributed by atoms with E-state index in [0.29, 0.717) is 19.7 Å². The van der Waals surface area contributed by atoms with Gasteiger partial charge in [0.15, 0.2) is 11.7 Å². The largest absolute Gasteiger partial charge is 0.466 e. The predicted octanol–water partition coefficient (Wildman–Crippen LogP) is 2.69. The van der Waals surface area contributed by atoms with Crippen LogP contribution in [-0.2, 0) is 16.1 Å². The third-order valence-electron chi connectivity index (χ3n) is 4.60. The fourth-order valence-corrected chi connectivity index (χ4v) is 3.26. The van der Waals surface area contributed by atoms with Crippen LogP contribution in [-0.4, -0.2) is 48.7 Å². The summed E-state index contributed by atoms with van der Waals surface area (Å²) in [5.74, 6) is 1.27. The van der Waals surface area contributed by atoms with Gasteiger partial charge in [0.2, 0.25) is 0 Å². The molecule has 7 heteroatoms. The molecule has 1 N–H and O–H groups in total. The maximum absolute atomic E-state index is 12.0. The molecule has 1 atom stereocenters. The molecule has 0 spiro atoms. The zero-order valence-corrected chi connectivity index (χ0v) is 15.9. The van der Waals surface area contributed by atoms with E-state index in [-0.39, 0.29) is 11.9 Å². The lowest BCUT2D eigenvalue weighted by molar-refractivity contribution is -0.149. The van der Waals surface area contributed by atoms with Crippen molar-refractivity contribution in [3.8, 4) is 11.3 Å². The van der Waals surface area contributed by atoms with Crippen molar-refractivity contribution in [1.29, 1.82) is 0 Å². The Balaban J connectivity index is 1.58. The Morgan fingerprint density at radius 2 is 2.22 bits per heavy atom. The van der Waals surface area contributed by atoms with Crippen molar-refractivity contribution in [1.82, 2.24) is 15.4 Å². The fraction of sp³-hybridized carbons (Fsp3) is 0.450. The molecule has 0 aliphatic carbocycles. The molecule has 1 aromatic heterocycles. The first kappa shape index (κ1) is 18.9. The number of benzene rings is 1. The van der Waals surface area contributed by atoms with Gasteiger partial charge in [0.25, 0.3) is 0 Å². The van der Waals surface area contributed by atoms with Crippen molar-refractivity contribution in [2.24, 2.45) is 10.9 Å². The van der Waals surface area contributed by atoms with Crippen LogP contribution in [0.1, 0.15) is 25.5 Å². The number of carbonyl (C=O) groups excluding carboxylic acids is 1. The molecule has 3 rings (SSSR count). The highest BCUT2D eigenvalue weighted by molar-refractivity contribution is 5.81. The van der Waals surface area contributed by atoms with Crippen LogP contribution in [0.4, 0.5) is 0 Å². The second kappa shape index (κ2) is 9.21. The number of rotatable bonds is 5. The van der Waals surface area contributed by atoms with Crippen molar-refractivity contribution in [2.75, 3.05) is 26.7 Å². The highest BCUT2D eigenvalue weighted by Crippen LogP contribution is 2.20. The quantitative estimate of drug-likeness (QED) is 0.495. The Morgan fingerprint density at radius 1 is 1.41 bits per heavy atom. The first-order chi connectivity index (χ1) is 13.2. The molecule has 1 aliphatic heterocycles. The number of hydrogen-bond donors (Lipinski definition) is 1. The van der Waals surface area contributed by atoms with Crippen molar-refractivity contribution in [3.05, 3.63) is 42.1 Å². The second-order valence-electron chi connectivity index (χ2n) is 6.49. The summed E-state index contributed by atoms with van der Waals surface area (Å²) >= 11 is 0. The molecule has 0 radical (unpaired) electrons. The van der Waals surface area contributed by atoms with Crippen molar-refractivity contribution >= 4 is 11.9 Å². The van der Waals surface area contributed by atoms with E-state index >= 15 is 0 Å². The lowest BCUT2D eigenvalue weighted by atomic mass is 9.98. The van der Waals surface area contributed by atoms with Crippen LogP contribution in [0.3, 0.4) is 0 Å². The molecule has 1 fully saturated rings. The number of ether oxygens (including phenoxy) is 1. The summed E-state index contributed by atoms with van der Waals surface area (Å²) in [7, 11) is 1.74. The molecule has 144 valence electrons. The minimum Gasteiger partial charge on any atom is -0.466 e. The Bertz CT molecular complexity index is 773. The van der Waals surface area contributed by atoms with Crippen molar-refractivity contribution < 1.29 is 14.1 Å². The summed E-state index contributed by atoms with van der Waals surface area (Å²) in [4.78, 5) is 18.5. The number of nitrogens with one attached hydrogen (secondary N) is 1. The standard InChI is InChI=1S/C20H26N4O3/c1-3-26-19(25)16-10-7-11-24(14-16)20(21-2)22-13-17-12-18(27-23-17)15-8-5-4-6-9-15/h4-6,8-9,12,16H,3,7,10-11,13-14H2,1-2H3,(H,21,22). The van der Waals surface area contributed by atoms with E-state index in [9.17, 15) is 4.79 Å². The molecular weight excluding hydrogens is 344 g/mol. The summed E-state index contributed by atoms with van der Waals surface area (Å²) in [5, 5.41) is 7.44. The number of carbonyl (C=O) groups is 1. The normalized spacial score (nSPS) is 17.6. The van der Waals surface area contributed by atoms with Crippen LogP contribution in [0, 0.1) is 5.92 Å². The van der Waals surface area contributed by atoms with Gasteiger partial charge in [0.05, 0.1) is 19.1 Å². The number of nitrogens with zero attached hydrogens (tertiary/aromatic N) is 3. The van der Waals surface area contributed by atoms with Crippen LogP contribution in [0.25, 0.3) is 11.3 Å². The maximum atomic E-state index is 12.0. The molecule has 1 saturated heterocycles. The van der Waals surface area contributed by atoms with Crippen molar-refractivity contribution in [3.63, 3.8) is 0 Å². The van der Waals surface area contributed by atoms with Gasteiger partial charge in [-0.05, 0) is 19.8 Å². The van der Waals surface area contributed by atoms with E-state index in [4.69, 9.17) is 9.26 Å². The van der Waals surface area contributed by atoms with E-state index in [2.05, 4.69) is 20.4 Å². The summed E-state index contributed by atoms with van der Waals surface area (Å²) in [5.41, 5.74) is 1.79. The predicted molar refractivity (Wildman–Crippen MR) is 103 cm³/mol. The molecule has 0 amide bonds. The Labute approximate surface area is 159 Å². The molecule has 1 unspecified atom stereocenters. The lowest BCUT2D eigenvalue weighted by Crippen LogP contribution is -2.48. The minimum atomic E-state index is -0.123. The van der Waals surface area contributed by atoms with Gasteiger partial charge in [0, 0.05) is 31.8 Å². The average molecular weight is 370 g/mol. The first-order valence-corrected chi connectivity index (χ1v) is 9.34. The zero-order chi connectivity index (χ0) is 19.1. The summed E-state index contributed by atoms with van der Waals surface area (Å²) in [6, 6.07) is 11.8. The molecule has 27 heavy (non-hydrogen) atoms. The SMILES string of the molecule is CCOC(=O)C1CCCN(C(=NC)NCc2cc(-c3ccccc3)on2)C1. The van der Waals surface area contributed by atoms with Gasteiger partial charge in [-0.15, -0.1) is 0 Å². The Kier molecular flexibility index (Phi) is 6.46. The average Bonchev–Trinajstić information content (AvgIpc) is 3.19. The van der Waals surface area contributed by atoms with Crippen LogP contribution in [0.5, 0.6) is 0 Å². The Hall–Kier alpha value is -2.83. The monoisotopic (exact) mass is 370 g/mol. The third kappa shape index (κ3) is 4.87. The number of hydrogen-bond acceptors (Lipinski definition) is 5. The number of guanidine groups is 1. The van der Waals surface area contributed by atoms with Gasteiger partial charge < -0.3 is 19.5 Å². The van der Waals surface area contributed by atoms with Gasteiger partial charge in [-0.2, -0.15) is 0 Å². The van der Waals surface area contributed by atoms with Crippen LogP contribution in [0.2, 0.25) is 0 Å².